The third-order valence-corrected chi connectivity index (χ3v) is 4.76. The van der Waals surface area contributed by atoms with E-state index in [2.05, 4.69) is 15.3 Å². The number of fused-ring (bicyclic) bond motifs is 1. The zero-order chi connectivity index (χ0) is 19.0. The lowest BCUT2D eigenvalue weighted by Crippen LogP contribution is -2.03. The molecular weight excluding hydrogens is 346 g/mol. The first kappa shape index (κ1) is 17.1. The summed E-state index contributed by atoms with van der Waals surface area (Å²) in [6.45, 7) is 4.53. The first-order valence-corrected chi connectivity index (χ1v) is 8.62. The molecule has 1 N–H and O–H groups in total. The summed E-state index contributed by atoms with van der Waals surface area (Å²) in [5.74, 6) is -1.04. The Morgan fingerprint density at radius 3 is 2.48 bits per heavy atom. The Kier molecular flexibility index (Phi) is 4.32. The Morgan fingerprint density at radius 1 is 0.963 bits per heavy atom. The number of anilines is 1. The number of hydrogen-bond donors (Lipinski definition) is 1. The third-order valence-electron chi connectivity index (χ3n) is 4.76. The van der Waals surface area contributed by atoms with Gasteiger partial charge < -0.3 is 5.32 Å². The van der Waals surface area contributed by atoms with E-state index in [1.165, 1.54) is 12.4 Å². The molecule has 0 amide bonds. The van der Waals surface area contributed by atoms with Crippen LogP contribution < -0.4 is 5.32 Å². The molecule has 2 aromatic heterocycles. The minimum atomic E-state index is -0.886. The van der Waals surface area contributed by atoms with Crippen LogP contribution in [-0.2, 0) is 6.54 Å². The normalized spacial score (nSPS) is 11.1. The van der Waals surface area contributed by atoms with Gasteiger partial charge in [-0.1, -0.05) is 30.3 Å². The van der Waals surface area contributed by atoms with Crippen LogP contribution in [0.15, 0.2) is 54.9 Å². The summed E-state index contributed by atoms with van der Waals surface area (Å²) in [5.41, 5.74) is 4.21. The molecule has 0 saturated heterocycles. The minimum absolute atomic E-state index is 0.525. The van der Waals surface area contributed by atoms with Gasteiger partial charge in [-0.2, -0.15) is 0 Å². The molecule has 2 aromatic carbocycles. The fourth-order valence-electron chi connectivity index (χ4n) is 3.25. The molecule has 0 radical (unpaired) electrons. The maximum atomic E-state index is 13.8. The van der Waals surface area contributed by atoms with E-state index in [4.69, 9.17) is 0 Å². The van der Waals surface area contributed by atoms with Crippen LogP contribution in [0.2, 0.25) is 0 Å². The van der Waals surface area contributed by atoms with Crippen molar-refractivity contribution in [2.75, 3.05) is 5.32 Å². The van der Waals surface area contributed by atoms with Crippen LogP contribution in [-0.4, -0.2) is 14.5 Å². The molecule has 136 valence electrons. The Hall–Kier alpha value is -3.28. The standard InChI is InChI=1S/C21H18F2N4/c1-13-14(2)27(16-8-9-17(22)18(23)10-16)21-19(13)20(25-12-26-21)24-11-15-6-4-3-5-7-15/h3-10,12H,11H2,1-2H3,(H,24,25,26). The molecule has 0 aliphatic rings. The van der Waals surface area contributed by atoms with Crippen LogP contribution in [0.3, 0.4) is 0 Å². The van der Waals surface area contributed by atoms with Crippen LogP contribution >= 0.6 is 0 Å². The van der Waals surface area contributed by atoms with E-state index in [1.54, 1.807) is 6.07 Å². The van der Waals surface area contributed by atoms with Gasteiger partial charge in [-0.3, -0.25) is 4.57 Å². The molecule has 0 aliphatic heterocycles. The van der Waals surface area contributed by atoms with Crippen molar-refractivity contribution in [3.8, 4) is 5.69 Å². The van der Waals surface area contributed by atoms with Gasteiger partial charge in [0.25, 0.3) is 0 Å². The summed E-state index contributed by atoms with van der Waals surface area (Å²) in [7, 11) is 0. The first-order valence-electron chi connectivity index (χ1n) is 8.62. The monoisotopic (exact) mass is 364 g/mol. The number of aryl methyl sites for hydroxylation is 1. The molecule has 0 atom stereocenters. The van der Waals surface area contributed by atoms with Gasteiger partial charge in [0.05, 0.1) is 11.1 Å². The lowest BCUT2D eigenvalue weighted by molar-refractivity contribution is 0.508. The number of rotatable bonds is 4. The number of aromatic nitrogens is 3. The molecule has 27 heavy (non-hydrogen) atoms. The zero-order valence-electron chi connectivity index (χ0n) is 15.0. The van der Waals surface area contributed by atoms with Gasteiger partial charge in [0.15, 0.2) is 17.3 Å². The lowest BCUT2D eigenvalue weighted by atomic mass is 10.2. The maximum Gasteiger partial charge on any atom is 0.160 e. The number of hydrogen-bond acceptors (Lipinski definition) is 3. The summed E-state index contributed by atoms with van der Waals surface area (Å²) < 4.78 is 28.9. The SMILES string of the molecule is Cc1c(C)n(-c2ccc(F)c(F)c2)c2ncnc(NCc3ccccc3)c12. The van der Waals surface area contributed by atoms with Crippen LogP contribution in [0.5, 0.6) is 0 Å². The Balaban J connectivity index is 1.81. The number of halogens is 2. The summed E-state index contributed by atoms with van der Waals surface area (Å²) in [4.78, 5) is 8.80. The molecule has 6 heteroatoms. The Morgan fingerprint density at radius 2 is 1.74 bits per heavy atom. The van der Waals surface area contributed by atoms with Crippen LogP contribution in [0, 0.1) is 25.5 Å². The highest BCUT2D eigenvalue weighted by atomic mass is 19.2. The third kappa shape index (κ3) is 3.03. The average Bonchev–Trinajstić information content (AvgIpc) is 2.94. The van der Waals surface area contributed by atoms with Gasteiger partial charge >= 0.3 is 0 Å². The molecule has 2 heterocycles. The van der Waals surface area contributed by atoms with Gasteiger partial charge in [-0.15, -0.1) is 0 Å². The molecule has 4 aromatic rings. The second-order valence-corrected chi connectivity index (χ2v) is 6.40. The van der Waals surface area contributed by atoms with Crippen molar-refractivity contribution in [2.45, 2.75) is 20.4 Å². The highest BCUT2D eigenvalue weighted by molar-refractivity contribution is 5.93. The van der Waals surface area contributed by atoms with E-state index in [9.17, 15) is 8.78 Å². The molecule has 4 nitrogen and oxygen atoms in total. The molecule has 0 bridgehead atoms. The molecule has 0 spiro atoms. The summed E-state index contributed by atoms with van der Waals surface area (Å²) in [6.07, 6.45) is 1.48. The molecular formula is C21H18F2N4. The van der Waals surface area contributed by atoms with Gasteiger partial charge in [0.2, 0.25) is 0 Å². The fraction of sp³-hybridized carbons (Fsp3) is 0.143. The Bertz CT molecular complexity index is 1120. The van der Waals surface area contributed by atoms with Crippen molar-refractivity contribution < 1.29 is 8.78 Å². The van der Waals surface area contributed by atoms with Crippen LogP contribution in [0.4, 0.5) is 14.6 Å². The number of benzene rings is 2. The highest BCUT2D eigenvalue weighted by Gasteiger charge is 2.18. The van der Waals surface area contributed by atoms with Gasteiger partial charge in [0, 0.05) is 18.3 Å². The largest absolute Gasteiger partial charge is 0.365 e. The van der Waals surface area contributed by atoms with E-state index >= 15 is 0 Å². The molecule has 0 aliphatic carbocycles. The van der Waals surface area contributed by atoms with Gasteiger partial charge in [-0.25, -0.2) is 18.7 Å². The van der Waals surface area contributed by atoms with E-state index in [-0.39, 0.29) is 0 Å². The highest BCUT2D eigenvalue weighted by Crippen LogP contribution is 2.31. The maximum absolute atomic E-state index is 13.8. The van der Waals surface area contributed by atoms with Crippen molar-refractivity contribution >= 4 is 16.9 Å². The quantitative estimate of drug-likeness (QED) is 0.558. The topological polar surface area (TPSA) is 42.7 Å². The van der Waals surface area contributed by atoms with E-state index in [0.717, 1.165) is 28.3 Å². The van der Waals surface area contributed by atoms with Crippen molar-refractivity contribution in [1.82, 2.24) is 14.5 Å². The smallest absolute Gasteiger partial charge is 0.160 e. The first-order chi connectivity index (χ1) is 13.1. The molecule has 0 saturated carbocycles. The van der Waals surface area contributed by atoms with Gasteiger partial charge in [0.1, 0.15) is 12.1 Å². The predicted molar refractivity (Wildman–Crippen MR) is 102 cm³/mol. The van der Waals surface area contributed by atoms with Crippen LogP contribution in [0.25, 0.3) is 16.7 Å². The average molecular weight is 364 g/mol. The zero-order valence-corrected chi connectivity index (χ0v) is 15.0. The van der Waals surface area contributed by atoms with E-state index in [1.807, 2.05) is 48.7 Å². The molecule has 0 unspecified atom stereocenters. The molecule has 4 rings (SSSR count). The van der Waals surface area contributed by atoms with Crippen molar-refractivity contribution in [2.24, 2.45) is 0 Å². The Labute approximate surface area is 155 Å². The number of nitrogens with one attached hydrogen (secondary N) is 1. The van der Waals surface area contributed by atoms with E-state index < -0.39 is 11.6 Å². The number of nitrogens with zero attached hydrogens (tertiary/aromatic N) is 3. The van der Waals surface area contributed by atoms with Gasteiger partial charge in [-0.05, 0) is 37.1 Å². The van der Waals surface area contributed by atoms with E-state index in [0.29, 0.717) is 23.7 Å². The van der Waals surface area contributed by atoms with Crippen molar-refractivity contribution in [1.29, 1.82) is 0 Å². The van der Waals surface area contributed by atoms with Crippen molar-refractivity contribution in [3.05, 3.63) is 83.3 Å². The van der Waals surface area contributed by atoms with Crippen LogP contribution in [0.1, 0.15) is 16.8 Å². The molecule has 0 fully saturated rings. The summed E-state index contributed by atoms with van der Waals surface area (Å²) in [5, 5.41) is 4.23. The fourth-order valence-corrected chi connectivity index (χ4v) is 3.25. The summed E-state index contributed by atoms with van der Waals surface area (Å²) in [6, 6.07) is 13.9. The second kappa shape index (κ2) is 6.79. The second-order valence-electron chi connectivity index (χ2n) is 6.40. The van der Waals surface area contributed by atoms with Crippen molar-refractivity contribution in [3.63, 3.8) is 0 Å². The minimum Gasteiger partial charge on any atom is -0.365 e. The predicted octanol–water partition coefficient (Wildman–Crippen LogP) is 4.93. The lowest BCUT2D eigenvalue weighted by Gasteiger charge is -2.09. The summed E-state index contributed by atoms with van der Waals surface area (Å²) >= 11 is 0.